The zero-order valence-electron chi connectivity index (χ0n) is 14.1. The number of carbonyl (C=O) groups is 1. The molecule has 0 aliphatic heterocycles. The van der Waals surface area contributed by atoms with Crippen LogP contribution in [0.2, 0.25) is 0 Å². The Morgan fingerprint density at radius 2 is 1.65 bits per heavy atom. The molecular formula is C18H15Br2N5O. The molecule has 1 amide bonds. The minimum absolute atomic E-state index is 0.116. The van der Waals surface area contributed by atoms with E-state index >= 15 is 0 Å². The van der Waals surface area contributed by atoms with Gasteiger partial charge in [-0.25, -0.2) is 0 Å². The van der Waals surface area contributed by atoms with Crippen molar-refractivity contribution in [3.05, 3.63) is 69.4 Å². The fraction of sp³-hybridized carbons (Fsp3) is 0.167. The van der Waals surface area contributed by atoms with Gasteiger partial charge in [-0.15, -0.1) is 0 Å². The number of amides is 1. The number of rotatable bonds is 4. The van der Waals surface area contributed by atoms with Gasteiger partial charge in [0.25, 0.3) is 5.91 Å². The van der Waals surface area contributed by atoms with Crippen molar-refractivity contribution in [1.82, 2.24) is 24.8 Å². The van der Waals surface area contributed by atoms with Crippen LogP contribution in [0.15, 0.2) is 58.1 Å². The normalized spacial score (nSPS) is 11.8. The average Bonchev–Trinajstić information content (AvgIpc) is 2.66. The van der Waals surface area contributed by atoms with E-state index < -0.39 is 0 Å². The molecule has 0 N–H and O–H groups in total. The quantitative estimate of drug-likeness (QED) is 0.561. The lowest BCUT2D eigenvalue weighted by Gasteiger charge is -2.25. The molecule has 1 unspecified atom stereocenters. The SMILES string of the molecule is CC(c1nccnc1-c1cnccn1)N(C)C(=O)c1cc(Br)cc(Br)c1. The standard InChI is InChI=1S/C18H15Br2N5O/c1-11(25(2)18(26)12-7-13(19)9-14(20)8-12)16-17(24-6-5-23-16)15-10-21-3-4-22-15/h3-11H,1-2H3. The summed E-state index contributed by atoms with van der Waals surface area (Å²) in [5.74, 6) is -0.116. The van der Waals surface area contributed by atoms with Gasteiger partial charge in [-0.1, -0.05) is 31.9 Å². The molecule has 26 heavy (non-hydrogen) atoms. The predicted molar refractivity (Wildman–Crippen MR) is 105 cm³/mol. The maximum absolute atomic E-state index is 12.9. The molecule has 0 radical (unpaired) electrons. The lowest BCUT2D eigenvalue weighted by Crippen LogP contribution is -2.30. The van der Waals surface area contributed by atoms with E-state index in [1.807, 2.05) is 13.0 Å². The molecule has 2 heterocycles. The second-order valence-electron chi connectivity index (χ2n) is 5.63. The van der Waals surface area contributed by atoms with Crippen LogP contribution in [0.3, 0.4) is 0 Å². The van der Waals surface area contributed by atoms with E-state index in [0.29, 0.717) is 22.6 Å². The minimum Gasteiger partial charge on any atom is -0.333 e. The van der Waals surface area contributed by atoms with Crippen LogP contribution in [-0.4, -0.2) is 37.8 Å². The zero-order chi connectivity index (χ0) is 18.7. The smallest absolute Gasteiger partial charge is 0.254 e. The number of benzene rings is 1. The highest BCUT2D eigenvalue weighted by Gasteiger charge is 2.24. The van der Waals surface area contributed by atoms with Gasteiger partial charge in [0, 0.05) is 46.3 Å². The van der Waals surface area contributed by atoms with Gasteiger partial charge in [-0.2, -0.15) is 0 Å². The molecule has 1 atom stereocenters. The molecule has 3 rings (SSSR count). The Bertz CT molecular complexity index is 916. The molecule has 3 aromatic rings. The van der Waals surface area contributed by atoms with Crippen LogP contribution in [0.4, 0.5) is 0 Å². The number of halogens is 2. The van der Waals surface area contributed by atoms with Crippen LogP contribution >= 0.6 is 31.9 Å². The van der Waals surface area contributed by atoms with Gasteiger partial charge in [0.15, 0.2) is 0 Å². The van der Waals surface area contributed by atoms with E-state index in [2.05, 4.69) is 51.8 Å². The predicted octanol–water partition coefficient (Wildman–Crippen LogP) is 4.29. The summed E-state index contributed by atoms with van der Waals surface area (Å²) in [6.45, 7) is 1.91. The number of carbonyl (C=O) groups excluding carboxylic acids is 1. The first-order valence-electron chi connectivity index (χ1n) is 7.78. The van der Waals surface area contributed by atoms with E-state index in [-0.39, 0.29) is 11.9 Å². The lowest BCUT2D eigenvalue weighted by atomic mass is 10.1. The van der Waals surface area contributed by atoms with Gasteiger partial charge in [0.1, 0.15) is 11.4 Å². The Kier molecular flexibility index (Phi) is 5.73. The van der Waals surface area contributed by atoms with Crippen LogP contribution in [-0.2, 0) is 0 Å². The Balaban J connectivity index is 1.94. The monoisotopic (exact) mass is 475 g/mol. The zero-order valence-corrected chi connectivity index (χ0v) is 17.3. The van der Waals surface area contributed by atoms with Crippen molar-refractivity contribution in [2.24, 2.45) is 0 Å². The molecule has 0 saturated carbocycles. The molecular weight excluding hydrogens is 462 g/mol. The number of aromatic nitrogens is 4. The van der Waals surface area contributed by atoms with Gasteiger partial charge in [0.05, 0.1) is 17.9 Å². The van der Waals surface area contributed by atoms with Crippen molar-refractivity contribution in [1.29, 1.82) is 0 Å². The molecule has 132 valence electrons. The molecule has 2 aromatic heterocycles. The molecule has 0 aliphatic rings. The Hall–Kier alpha value is -2.19. The van der Waals surface area contributed by atoms with Crippen LogP contribution in [0.25, 0.3) is 11.4 Å². The third-order valence-corrected chi connectivity index (χ3v) is 4.85. The Labute approximate surface area is 168 Å². The molecule has 0 bridgehead atoms. The number of hydrogen-bond acceptors (Lipinski definition) is 5. The van der Waals surface area contributed by atoms with Crippen LogP contribution in [0.1, 0.15) is 29.0 Å². The maximum Gasteiger partial charge on any atom is 0.254 e. The third kappa shape index (κ3) is 3.96. The van der Waals surface area contributed by atoms with Gasteiger partial charge < -0.3 is 4.90 Å². The average molecular weight is 477 g/mol. The lowest BCUT2D eigenvalue weighted by molar-refractivity contribution is 0.0740. The molecule has 0 saturated heterocycles. The summed E-state index contributed by atoms with van der Waals surface area (Å²) >= 11 is 6.83. The van der Waals surface area contributed by atoms with Crippen molar-refractivity contribution in [2.75, 3.05) is 7.05 Å². The van der Waals surface area contributed by atoms with E-state index in [0.717, 1.165) is 8.95 Å². The van der Waals surface area contributed by atoms with Crippen molar-refractivity contribution in [3.63, 3.8) is 0 Å². The largest absolute Gasteiger partial charge is 0.333 e. The van der Waals surface area contributed by atoms with Gasteiger partial charge in [-0.05, 0) is 25.1 Å². The summed E-state index contributed by atoms with van der Waals surface area (Å²) in [4.78, 5) is 31.8. The summed E-state index contributed by atoms with van der Waals surface area (Å²) < 4.78 is 1.66. The fourth-order valence-corrected chi connectivity index (χ4v) is 3.81. The molecule has 0 aliphatic carbocycles. The van der Waals surface area contributed by atoms with Crippen molar-refractivity contribution in [2.45, 2.75) is 13.0 Å². The first-order chi connectivity index (χ1) is 12.5. The second kappa shape index (κ2) is 8.01. The summed E-state index contributed by atoms with van der Waals surface area (Å²) in [7, 11) is 1.75. The third-order valence-electron chi connectivity index (χ3n) is 3.94. The molecule has 6 nitrogen and oxygen atoms in total. The second-order valence-corrected chi connectivity index (χ2v) is 7.46. The summed E-state index contributed by atoms with van der Waals surface area (Å²) in [6.07, 6.45) is 8.05. The van der Waals surface area contributed by atoms with E-state index in [4.69, 9.17) is 0 Å². The highest BCUT2D eigenvalue weighted by molar-refractivity contribution is 9.11. The molecule has 1 aromatic carbocycles. The summed E-state index contributed by atoms with van der Waals surface area (Å²) in [5, 5.41) is 0. The summed E-state index contributed by atoms with van der Waals surface area (Å²) in [6, 6.07) is 5.16. The van der Waals surface area contributed by atoms with E-state index in [1.54, 1.807) is 55.1 Å². The highest BCUT2D eigenvalue weighted by Crippen LogP contribution is 2.28. The molecule has 0 fully saturated rings. The van der Waals surface area contributed by atoms with Gasteiger partial charge in [0.2, 0.25) is 0 Å². The van der Waals surface area contributed by atoms with E-state index in [1.165, 1.54) is 0 Å². The Morgan fingerprint density at radius 1 is 1.00 bits per heavy atom. The van der Waals surface area contributed by atoms with Gasteiger partial charge in [-0.3, -0.25) is 24.7 Å². The first kappa shape index (κ1) is 18.6. The number of hydrogen-bond donors (Lipinski definition) is 0. The maximum atomic E-state index is 12.9. The Morgan fingerprint density at radius 3 is 2.31 bits per heavy atom. The topological polar surface area (TPSA) is 71.9 Å². The van der Waals surface area contributed by atoms with Crippen LogP contribution in [0, 0.1) is 0 Å². The fourth-order valence-electron chi connectivity index (χ4n) is 2.51. The van der Waals surface area contributed by atoms with Crippen molar-refractivity contribution < 1.29 is 4.79 Å². The van der Waals surface area contributed by atoms with Crippen molar-refractivity contribution in [3.8, 4) is 11.4 Å². The number of nitrogens with zero attached hydrogens (tertiary/aromatic N) is 5. The minimum atomic E-state index is -0.300. The first-order valence-corrected chi connectivity index (χ1v) is 9.36. The van der Waals surface area contributed by atoms with Gasteiger partial charge >= 0.3 is 0 Å². The highest BCUT2D eigenvalue weighted by atomic mass is 79.9. The molecule has 0 spiro atoms. The molecule has 8 heteroatoms. The van der Waals surface area contributed by atoms with Crippen LogP contribution < -0.4 is 0 Å². The summed E-state index contributed by atoms with van der Waals surface area (Å²) in [5.41, 5.74) is 2.47. The van der Waals surface area contributed by atoms with Crippen LogP contribution in [0.5, 0.6) is 0 Å². The van der Waals surface area contributed by atoms with Crippen molar-refractivity contribution >= 4 is 37.8 Å². The van der Waals surface area contributed by atoms with E-state index in [9.17, 15) is 4.79 Å².